The Balaban J connectivity index is 4.09. The van der Waals surface area contributed by atoms with Crippen LogP contribution in [0, 0.1) is 0 Å². The van der Waals surface area contributed by atoms with Gasteiger partial charge in [-0.3, -0.25) is 4.79 Å². The van der Waals surface area contributed by atoms with E-state index in [2.05, 4.69) is 38.2 Å². The first-order valence-electron chi connectivity index (χ1n) is 19.7. The second-order valence-electron chi connectivity index (χ2n) is 14.0. The van der Waals surface area contributed by atoms with Crippen molar-refractivity contribution in [2.45, 2.75) is 225 Å². The van der Waals surface area contributed by atoms with Crippen LogP contribution in [0.15, 0.2) is 24.3 Å². The highest BCUT2D eigenvalue weighted by Crippen LogP contribution is 2.34. The number of ketones is 1. The van der Waals surface area contributed by atoms with Gasteiger partial charge < -0.3 is 15.3 Å². The van der Waals surface area contributed by atoms with Gasteiger partial charge in [-0.15, -0.1) is 0 Å². The lowest BCUT2D eigenvalue weighted by Gasteiger charge is -2.41. The lowest BCUT2D eigenvalue weighted by Crippen LogP contribution is -2.61. The van der Waals surface area contributed by atoms with Crippen LogP contribution in [0.2, 0.25) is 0 Å². The number of hydrogen-bond acceptors (Lipinski definition) is 4. The molecule has 0 amide bonds. The molecular formula is C41H78O4. The summed E-state index contributed by atoms with van der Waals surface area (Å²) in [5, 5.41) is 32.4. The topological polar surface area (TPSA) is 77.8 Å². The number of Topliss-reactive ketones (excluding diaryl/α,β-unsaturated/α-hetero) is 1. The molecule has 0 saturated heterocycles. The number of allylic oxidation sites excluding steroid dienone is 4. The number of rotatable bonds is 35. The predicted octanol–water partition coefficient (Wildman–Crippen LogP) is 11.9. The first-order chi connectivity index (χ1) is 21.9. The predicted molar refractivity (Wildman–Crippen MR) is 196 cm³/mol. The molecule has 1 atom stereocenters. The molecule has 0 aromatic heterocycles. The summed E-state index contributed by atoms with van der Waals surface area (Å²) >= 11 is 0. The number of aliphatic hydroxyl groups is 3. The summed E-state index contributed by atoms with van der Waals surface area (Å²) in [6, 6.07) is 0. The third-order valence-corrected chi connectivity index (χ3v) is 9.79. The van der Waals surface area contributed by atoms with Gasteiger partial charge in [-0.05, 0) is 71.1 Å². The van der Waals surface area contributed by atoms with E-state index in [9.17, 15) is 20.1 Å². The SMILES string of the molecule is CCCCCCCCC=CCCCCCCCCC(O)(CCCCCCCCC=CCCCCCCCC)C(O)(CO)C(C)=O. The molecule has 0 aliphatic rings. The van der Waals surface area contributed by atoms with Crippen LogP contribution >= 0.6 is 0 Å². The Kier molecular flexibility index (Phi) is 30.9. The monoisotopic (exact) mass is 635 g/mol. The Bertz CT molecular complexity index is 658. The van der Waals surface area contributed by atoms with Gasteiger partial charge in [-0.2, -0.15) is 0 Å². The fraction of sp³-hybridized carbons (Fsp3) is 0.878. The smallest absolute Gasteiger partial charge is 0.174 e. The van der Waals surface area contributed by atoms with Crippen molar-refractivity contribution in [2.24, 2.45) is 0 Å². The Morgan fingerprint density at radius 3 is 1.00 bits per heavy atom. The van der Waals surface area contributed by atoms with Gasteiger partial charge in [0.15, 0.2) is 11.4 Å². The van der Waals surface area contributed by atoms with Crippen LogP contribution in [0.4, 0.5) is 0 Å². The first kappa shape index (κ1) is 44.0. The highest BCUT2D eigenvalue weighted by atomic mass is 16.4. The van der Waals surface area contributed by atoms with Crippen molar-refractivity contribution >= 4 is 5.78 Å². The molecule has 0 aliphatic carbocycles. The van der Waals surface area contributed by atoms with E-state index in [-0.39, 0.29) is 0 Å². The van der Waals surface area contributed by atoms with Crippen molar-refractivity contribution in [3.8, 4) is 0 Å². The van der Waals surface area contributed by atoms with Crippen molar-refractivity contribution in [1.29, 1.82) is 0 Å². The molecule has 0 rings (SSSR count). The van der Waals surface area contributed by atoms with Gasteiger partial charge in [0, 0.05) is 0 Å². The van der Waals surface area contributed by atoms with E-state index < -0.39 is 23.6 Å². The zero-order valence-corrected chi connectivity index (χ0v) is 30.5. The Labute approximate surface area is 281 Å². The van der Waals surface area contributed by atoms with E-state index in [4.69, 9.17) is 0 Å². The minimum Gasteiger partial charge on any atom is -0.393 e. The van der Waals surface area contributed by atoms with Gasteiger partial charge in [0.25, 0.3) is 0 Å². The molecule has 0 radical (unpaired) electrons. The number of carbonyl (C=O) groups excluding carboxylic acids is 1. The lowest BCUT2D eigenvalue weighted by atomic mass is 9.74. The molecule has 1 unspecified atom stereocenters. The fourth-order valence-electron chi connectivity index (χ4n) is 6.45. The second-order valence-corrected chi connectivity index (χ2v) is 14.0. The van der Waals surface area contributed by atoms with E-state index >= 15 is 0 Å². The normalized spacial score (nSPS) is 14.8. The maximum Gasteiger partial charge on any atom is 0.174 e. The Morgan fingerprint density at radius 2 is 0.733 bits per heavy atom. The van der Waals surface area contributed by atoms with Crippen LogP contribution in [0.5, 0.6) is 0 Å². The van der Waals surface area contributed by atoms with Gasteiger partial charge >= 0.3 is 0 Å². The highest BCUT2D eigenvalue weighted by molar-refractivity contribution is 5.86. The van der Waals surface area contributed by atoms with Crippen molar-refractivity contribution in [2.75, 3.05) is 6.61 Å². The molecule has 0 aliphatic heterocycles. The van der Waals surface area contributed by atoms with Crippen LogP contribution in [-0.4, -0.2) is 38.9 Å². The van der Waals surface area contributed by atoms with Crippen LogP contribution in [0.25, 0.3) is 0 Å². The van der Waals surface area contributed by atoms with E-state index in [1.165, 1.54) is 135 Å². The van der Waals surface area contributed by atoms with E-state index in [0.29, 0.717) is 12.8 Å². The molecular weight excluding hydrogens is 556 g/mol. The largest absolute Gasteiger partial charge is 0.393 e. The Morgan fingerprint density at radius 1 is 0.467 bits per heavy atom. The average Bonchev–Trinajstić information content (AvgIpc) is 3.03. The molecule has 4 nitrogen and oxygen atoms in total. The minimum atomic E-state index is -2.07. The Hall–Kier alpha value is -0.970. The molecule has 45 heavy (non-hydrogen) atoms. The standard InChI is InChI=1S/C41H78O4/c1-4-6-8-10-12-14-16-18-20-22-24-26-28-30-32-34-36-40(44,41(45,38-42)39(3)43)37-35-33-31-29-27-25-23-21-19-17-15-13-11-9-7-5-2/h18-21,42,44-45H,4-17,22-38H2,1-3H3. The molecule has 0 heterocycles. The van der Waals surface area contributed by atoms with Crippen LogP contribution in [0.3, 0.4) is 0 Å². The van der Waals surface area contributed by atoms with Gasteiger partial charge in [-0.25, -0.2) is 0 Å². The van der Waals surface area contributed by atoms with Crippen molar-refractivity contribution in [3.05, 3.63) is 24.3 Å². The van der Waals surface area contributed by atoms with Gasteiger partial charge in [0.05, 0.1) is 6.61 Å². The first-order valence-corrected chi connectivity index (χ1v) is 19.7. The van der Waals surface area contributed by atoms with Gasteiger partial charge in [0.2, 0.25) is 0 Å². The molecule has 0 aromatic carbocycles. The maximum atomic E-state index is 12.3. The molecule has 0 saturated carbocycles. The zero-order chi connectivity index (χ0) is 33.3. The van der Waals surface area contributed by atoms with E-state index in [0.717, 1.165) is 51.4 Å². The average molecular weight is 635 g/mol. The summed E-state index contributed by atoms with van der Waals surface area (Å²) in [6.07, 6.45) is 44.0. The summed E-state index contributed by atoms with van der Waals surface area (Å²) < 4.78 is 0. The summed E-state index contributed by atoms with van der Waals surface area (Å²) in [5.41, 5.74) is -3.63. The third-order valence-electron chi connectivity index (χ3n) is 9.79. The van der Waals surface area contributed by atoms with E-state index in [1.54, 1.807) is 0 Å². The second kappa shape index (κ2) is 31.6. The molecule has 3 N–H and O–H groups in total. The minimum absolute atomic E-state index is 0.357. The number of hydrogen-bond donors (Lipinski definition) is 3. The summed E-state index contributed by atoms with van der Waals surface area (Å²) in [6.45, 7) is 5.08. The quantitative estimate of drug-likeness (QED) is 0.0479. The number of aliphatic hydroxyl groups excluding tert-OH is 1. The van der Waals surface area contributed by atoms with Gasteiger partial charge in [-0.1, -0.05) is 167 Å². The molecule has 0 spiro atoms. The fourth-order valence-corrected chi connectivity index (χ4v) is 6.45. The molecule has 266 valence electrons. The summed E-state index contributed by atoms with van der Waals surface area (Å²) in [7, 11) is 0. The summed E-state index contributed by atoms with van der Waals surface area (Å²) in [5.74, 6) is -0.540. The maximum absolute atomic E-state index is 12.3. The van der Waals surface area contributed by atoms with Gasteiger partial charge in [0.1, 0.15) is 5.60 Å². The van der Waals surface area contributed by atoms with Crippen LogP contribution < -0.4 is 0 Å². The molecule has 4 heteroatoms. The zero-order valence-electron chi connectivity index (χ0n) is 30.5. The van der Waals surface area contributed by atoms with Crippen molar-refractivity contribution < 1.29 is 20.1 Å². The number of unbranched alkanes of at least 4 members (excludes halogenated alkanes) is 24. The third kappa shape index (κ3) is 23.9. The highest BCUT2D eigenvalue weighted by Gasteiger charge is 2.51. The van der Waals surface area contributed by atoms with Crippen LogP contribution in [0.1, 0.15) is 213 Å². The van der Waals surface area contributed by atoms with Crippen molar-refractivity contribution in [3.63, 3.8) is 0 Å². The molecule has 0 bridgehead atoms. The van der Waals surface area contributed by atoms with E-state index in [1.807, 2.05) is 0 Å². The summed E-state index contributed by atoms with van der Waals surface area (Å²) in [4.78, 5) is 12.3. The molecule has 0 aromatic rings. The van der Waals surface area contributed by atoms with Crippen molar-refractivity contribution in [1.82, 2.24) is 0 Å². The molecule has 0 fully saturated rings. The lowest BCUT2D eigenvalue weighted by molar-refractivity contribution is -0.188. The van der Waals surface area contributed by atoms with Crippen LogP contribution in [-0.2, 0) is 4.79 Å². The number of carbonyl (C=O) groups is 1.